The fraction of sp³-hybridized carbons (Fsp3) is 0.375. The number of nitrogens with zero attached hydrogens (tertiary/aromatic N) is 4. The highest BCUT2D eigenvalue weighted by molar-refractivity contribution is 6.21. The molecule has 0 radical (unpaired) electrons. The Bertz CT molecular complexity index is 673. The highest BCUT2D eigenvalue weighted by atomic mass is 16.2. The first-order valence-electron chi connectivity index (χ1n) is 7.55. The van der Waals surface area contributed by atoms with Crippen LogP contribution in [0.3, 0.4) is 0 Å². The summed E-state index contributed by atoms with van der Waals surface area (Å²) >= 11 is 0. The van der Waals surface area contributed by atoms with E-state index in [2.05, 4.69) is 17.2 Å². The second-order valence-electron chi connectivity index (χ2n) is 5.42. The zero-order valence-corrected chi connectivity index (χ0v) is 12.5. The Balaban J connectivity index is 1.70. The molecule has 1 aliphatic rings. The van der Waals surface area contributed by atoms with Crippen molar-refractivity contribution in [2.75, 3.05) is 0 Å². The summed E-state index contributed by atoms with van der Waals surface area (Å²) in [7, 11) is 0. The van der Waals surface area contributed by atoms with Crippen molar-refractivity contribution in [2.45, 2.75) is 39.3 Å². The monoisotopic (exact) mass is 298 g/mol. The van der Waals surface area contributed by atoms with E-state index in [-0.39, 0.29) is 18.4 Å². The van der Waals surface area contributed by atoms with Crippen LogP contribution < -0.4 is 0 Å². The van der Waals surface area contributed by atoms with Gasteiger partial charge in [-0.25, -0.2) is 0 Å². The topological polar surface area (TPSA) is 68.1 Å². The van der Waals surface area contributed by atoms with Crippen LogP contribution in [0.4, 0.5) is 0 Å². The van der Waals surface area contributed by atoms with Crippen molar-refractivity contribution in [3.8, 4) is 0 Å². The SMILES string of the molecule is CCCCCn1cc(CN2C(=O)c3ccccc3C2=O)nn1. The average Bonchev–Trinajstić information content (AvgIpc) is 3.07. The third-order valence-corrected chi connectivity index (χ3v) is 3.78. The Morgan fingerprint density at radius 1 is 1.05 bits per heavy atom. The molecule has 3 rings (SSSR count). The lowest BCUT2D eigenvalue weighted by atomic mass is 10.1. The molecule has 0 spiro atoms. The van der Waals surface area contributed by atoms with Gasteiger partial charge in [0.25, 0.3) is 11.8 Å². The number of rotatable bonds is 6. The summed E-state index contributed by atoms with van der Waals surface area (Å²) in [6.07, 6.45) is 5.15. The highest BCUT2D eigenvalue weighted by Crippen LogP contribution is 2.23. The predicted molar refractivity (Wildman–Crippen MR) is 80.2 cm³/mol. The molecule has 6 heteroatoms. The molecule has 2 heterocycles. The summed E-state index contributed by atoms with van der Waals surface area (Å²) in [6.45, 7) is 3.12. The van der Waals surface area contributed by atoms with Gasteiger partial charge in [-0.15, -0.1) is 5.10 Å². The fourth-order valence-electron chi connectivity index (χ4n) is 2.59. The molecule has 2 amide bonds. The first-order chi connectivity index (χ1) is 10.7. The zero-order chi connectivity index (χ0) is 15.5. The Kier molecular flexibility index (Phi) is 4.00. The van der Waals surface area contributed by atoms with Crippen LogP contribution in [0.1, 0.15) is 52.6 Å². The summed E-state index contributed by atoms with van der Waals surface area (Å²) in [5, 5.41) is 8.10. The molecule has 1 aromatic heterocycles. The van der Waals surface area contributed by atoms with Gasteiger partial charge in [0.15, 0.2) is 0 Å². The molecule has 0 fully saturated rings. The summed E-state index contributed by atoms with van der Waals surface area (Å²) in [4.78, 5) is 25.8. The van der Waals surface area contributed by atoms with E-state index in [1.807, 2.05) is 0 Å². The molecule has 22 heavy (non-hydrogen) atoms. The van der Waals surface area contributed by atoms with Crippen molar-refractivity contribution in [2.24, 2.45) is 0 Å². The van der Waals surface area contributed by atoms with Gasteiger partial charge < -0.3 is 0 Å². The van der Waals surface area contributed by atoms with E-state index < -0.39 is 0 Å². The van der Waals surface area contributed by atoms with Gasteiger partial charge in [-0.05, 0) is 18.6 Å². The van der Waals surface area contributed by atoms with Crippen LogP contribution in [0.2, 0.25) is 0 Å². The molecular weight excluding hydrogens is 280 g/mol. The van der Waals surface area contributed by atoms with Gasteiger partial charge in [0, 0.05) is 6.54 Å². The number of carbonyl (C=O) groups is 2. The smallest absolute Gasteiger partial charge is 0.261 e. The van der Waals surface area contributed by atoms with Gasteiger partial charge in [0.2, 0.25) is 0 Å². The number of amides is 2. The fourth-order valence-corrected chi connectivity index (χ4v) is 2.59. The molecular formula is C16H18N4O2. The Labute approximate surface area is 128 Å². The molecule has 0 saturated heterocycles. The van der Waals surface area contributed by atoms with Gasteiger partial charge in [-0.2, -0.15) is 0 Å². The molecule has 0 unspecified atom stereocenters. The largest absolute Gasteiger partial charge is 0.269 e. The molecule has 0 atom stereocenters. The van der Waals surface area contributed by atoms with E-state index in [0.29, 0.717) is 16.8 Å². The zero-order valence-electron chi connectivity index (χ0n) is 12.5. The number of aryl methyl sites for hydroxylation is 1. The van der Waals surface area contributed by atoms with Crippen molar-refractivity contribution >= 4 is 11.8 Å². The molecule has 0 N–H and O–H groups in total. The number of carbonyl (C=O) groups excluding carboxylic acids is 2. The van der Waals surface area contributed by atoms with Crippen molar-refractivity contribution < 1.29 is 9.59 Å². The number of unbranched alkanes of at least 4 members (excludes halogenated alkanes) is 2. The van der Waals surface area contributed by atoms with Crippen LogP contribution in [0.15, 0.2) is 30.5 Å². The van der Waals surface area contributed by atoms with Crippen molar-refractivity contribution in [1.29, 1.82) is 0 Å². The normalized spacial score (nSPS) is 13.8. The predicted octanol–water partition coefficient (Wildman–Crippen LogP) is 2.26. The van der Waals surface area contributed by atoms with Gasteiger partial charge in [0.1, 0.15) is 5.69 Å². The third-order valence-electron chi connectivity index (χ3n) is 3.78. The lowest BCUT2D eigenvalue weighted by Gasteiger charge is -2.11. The van der Waals surface area contributed by atoms with E-state index in [4.69, 9.17) is 0 Å². The van der Waals surface area contributed by atoms with Crippen molar-refractivity contribution in [1.82, 2.24) is 19.9 Å². The van der Waals surface area contributed by atoms with Crippen LogP contribution in [0.5, 0.6) is 0 Å². The van der Waals surface area contributed by atoms with Gasteiger partial charge in [-0.1, -0.05) is 37.1 Å². The van der Waals surface area contributed by atoms with Gasteiger partial charge in [0.05, 0.1) is 23.9 Å². The molecule has 0 aliphatic carbocycles. The quantitative estimate of drug-likeness (QED) is 0.606. The minimum Gasteiger partial charge on any atom is -0.269 e. The van der Waals surface area contributed by atoms with Crippen LogP contribution in [-0.4, -0.2) is 31.7 Å². The molecule has 1 aromatic carbocycles. The first kappa shape index (κ1) is 14.4. The number of benzene rings is 1. The van der Waals surface area contributed by atoms with E-state index in [1.165, 1.54) is 4.90 Å². The molecule has 2 aromatic rings. The van der Waals surface area contributed by atoms with Crippen molar-refractivity contribution in [3.05, 3.63) is 47.3 Å². The summed E-state index contributed by atoms with van der Waals surface area (Å²) in [5.74, 6) is -0.526. The summed E-state index contributed by atoms with van der Waals surface area (Å²) in [6, 6.07) is 6.88. The Morgan fingerprint density at radius 3 is 2.36 bits per heavy atom. The number of hydrogen-bond donors (Lipinski definition) is 0. The van der Waals surface area contributed by atoms with E-state index >= 15 is 0 Å². The minimum atomic E-state index is -0.263. The summed E-state index contributed by atoms with van der Waals surface area (Å²) in [5.41, 5.74) is 1.55. The Hall–Kier alpha value is -2.50. The maximum Gasteiger partial charge on any atom is 0.261 e. The van der Waals surface area contributed by atoms with Gasteiger partial charge in [-0.3, -0.25) is 19.2 Å². The minimum absolute atomic E-state index is 0.167. The van der Waals surface area contributed by atoms with Gasteiger partial charge >= 0.3 is 0 Å². The molecule has 0 saturated carbocycles. The second-order valence-corrected chi connectivity index (χ2v) is 5.42. The van der Waals surface area contributed by atoms with Crippen LogP contribution in [0, 0.1) is 0 Å². The third kappa shape index (κ3) is 2.64. The van der Waals surface area contributed by atoms with Crippen LogP contribution in [0.25, 0.3) is 0 Å². The number of fused-ring (bicyclic) bond motifs is 1. The molecule has 114 valence electrons. The lowest BCUT2D eigenvalue weighted by Crippen LogP contribution is -2.29. The first-order valence-corrected chi connectivity index (χ1v) is 7.55. The maximum atomic E-state index is 12.3. The lowest BCUT2D eigenvalue weighted by molar-refractivity contribution is 0.0640. The van der Waals surface area contributed by atoms with Crippen molar-refractivity contribution in [3.63, 3.8) is 0 Å². The molecule has 6 nitrogen and oxygen atoms in total. The van der Waals surface area contributed by atoms with E-state index in [0.717, 1.165) is 25.8 Å². The second kappa shape index (κ2) is 6.09. The average molecular weight is 298 g/mol. The Morgan fingerprint density at radius 2 is 1.73 bits per heavy atom. The van der Waals surface area contributed by atoms with E-state index in [1.54, 1.807) is 35.1 Å². The molecule has 1 aliphatic heterocycles. The maximum absolute atomic E-state index is 12.3. The number of aromatic nitrogens is 3. The van der Waals surface area contributed by atoms with Crippen LogP contribution >= 0.6 is 0 Å². The number of hydrogen-bond acceptors (Lipinski definition) is 4. The number of imide groups is 1. The molecule has 0 bridgehead atoms. The summed E-state index contributed by atoms with van der Waals surface area (Å²) < 4.78 is 1.77. The standard InChI is InChI=1S/C16H18N4O2/c1-2-3-6-9-19-10-12(17-18-19)11-20-15(21)13-7-4-5-8-14(13)16(20)22/h4-5,7-8,10H,2-3,6,9,11H2,1H3. The van der Waals surface area contributed by atoms with E-state index in [9.17, 15) is 9.59 Å². The van der Waals surface area contributed by atoms with Crippen LogP contribution in [-0.2, 0) is 13.1 Å². The highest BCUT2D eigenvalue weighted by Gasteiger charge is 2.35.